The van der Waals surface area contributed by atoms with Gasteiger partial charge in [-0.15, -0.1) is 0 Å². The predicted octanol–water partition coefficient (Wildman–Crippen LogP) is 2.96. The van der Waals surface area contributed by atoms with Crippen LogP contribution in [0.15, 0.2) is 34.9 Å². The number of pyridine rings is 1. The van der Waals surface area contributed by atoms with E-state index >= 15 is 0 Å². The summed E-state index contributed by atoms with van der Waals surface area (Å²) in [4.78, 5) is 15.1. The number of rotatable bonds is 1. The van der Waals surface area contributed by atoms with Gasteiger partial charge in [0, 0.05) is 28.7 Å². The third-order valence-corrected chi connectivity index (χ3v) is 2.40. The molecule has 76 valence electrons. The van der Waals surface area contributed by atoms with Gasteiger partial charge in [0.1, 0.15) is 0 Å². The summed E-state index contributed by atoms with van der Waals surface area (Å²) >= 11 is 3.36. The van der Waals surface area contributed by atoms with Gasteiger partial charge in [-0.2, -0.15) is 0 Å². The van der Waals surface area contributed by atoms with Crippen LogP contribution in [-0.4, -0.2) is 10.9 Å². The standard InChI is InChI=1S/C11H9BrN2O/c1-7(15)14-10-2-3-11-8(5-10)4-9(12)6-13-11/h2-6H,1H3,(H,14,15). The van der Waals surface area contributed by atoms with Crippen LogP contribution in [-0.2, 0) is 4.79 Å². The number of nitrogens with one attached hydrogen (secondary N) is 1. The highest BCUT2D eigenvalue weighted by Crippen LogP contribution is 2.20. The summed E-state index contributed by atoms with van der Waals surface area (Å²) in [6, 6.07) is 7.58. The van der Waals surface area contributed by atoms with Gasteiger partial charge in [0.2, 0.25) is 5.91 Å². The van der Waals surface area contributed by atoms with Gasteiger partial charge >= 0.3 is 0 Å². The first-order valence-electron chi connectivity index (χ1n) is 4.48. The van der Waals surface area contributed by atoms with E-state index in [2.05, 4.69) is 26.2 Å². The number of halogens is 1. The first-order chi connectivity index (χ1) is 7.15. The van der Waals surface area contributed by atoms with Crippen molar-refractivity contribution in [2.24, 2.45) is 0 Å². The Morgan fingerprint density at radius 3 is 2.93 bits per heavy atom. The van der Waals surface area contributed by atoms with E-state index in [0.29, 0.717) is 0 Å². The highest BCUT2D eigenvalue weighted by Gasteiger charge is 1.99. The lowest BCUT2D eigenvalue weighted by Crippen LogP contribution is -2.05. The Morgan fingerprint density at radius 2 is 2.20 bits per heavy atom. The number of aromatic nitrogens is 1. The fraction of sp³-hybridized carbons (Fsp3) is 0.0909. The Morgan fingerprint density at radius 1 is 1.40 bits per heavy atom. The number of anilines is 1. The average Bonchev–Trinajstić information content (AvgIpc) is 2.16. The smallest absolute Gasteiger partial charge is 0.221 e. The van der Waals surface area contributed by atoms with Gasteiger partial charge in [0.15, 0.2) is 0 Å². The lowest BCUT2D eigenvalue weighted by molar-refractivity contribution is -0.114. The summed E-state index contributed by atoms with van der Waals surface area (Å²) in [5, 5.41) is 3.73. The molecule has 0 spiro atoms. The number of carbonyl (C=O) groups excluding carboxylic acids is 1. The van der Waals surface area contributed by atoms with Crippen molar-refractivity contribution >= 4 is 38.4 Å². The van der Waals surface area contributed by atoms with Crippen LogP contribution in [0.25, 0.3) is 10.9 Å². The van der Waals surface area contributed by atoms with E-state index in [4.69, 9.17) is 0 Å². The lowest BCUT2D eigenvalue weighted by atomic mass is 10.2. The van der Waals surface area contributed by atoms with Crippen LogP contribution in [0.1, 0.15) is 6.92 Å². The minimum absolute atomic E-state index is 0.0719. The van der Waals surface area contributed by atoms with Crippen LogP contribution in [0.2, 0.25) is 0 Å². The van der Waals surface area contributed by atoms with Crippen molar-refractivity contribution < 1.29 is 4.79 Å². The molecule has 1 aromatic heterocycles. The second-order valence-corrected chi connectivity index (χ2v) is 4.16. The molecular formula is C11H9BrN2O. The zero-order valence-corrected chi connectivity index (χ0v) is 9.71. The maximum Gasteiger partial charge on any atom is 0.221 e. The van der Waals surface area contributed by atoms with Crippen LogP contribution in [0.4, 0.5) is 5.69 Å². The molecule has 2 rings (SSSR count). The maximum atomic E-state index is 10.9. The number of nitrogens with zero attached hydrogens (tertiary/aromatic N) is 1. The van der Waals surface area contributed by atoms with Gasteiger partial charge in [0.25, 0.3) is 0 Å². The Balaban J connectivity index is 2.49. The summed E-state index contributed by atoms with van der Waals surface area (Å²) in [6.07, 6.45) is 1.75. The summed E-state index contributed by atoms with van der Waals surface area (Å²) in [5.74, 6) is -0.0719. The number of hydrogen-bond acceptors (Lipinski definition) is 2. The van der Waals surface area contributed by atoms with Crippen molar-refractivity contribution in [1.82, 2.24) is 4.98 Å². The van der Waals surface area contributed by atoms with Crippen molar-refractivity contribution in [3.63, 3.8) is 0 Å². The maximum absolute atomic E-state index is 10.9. The fourth-order valence-electron chi connectivity index (χ4n) is 1.39. The molecule has 0 aliphatic heterocycles. The molecule has 1 N–H and O–H groups in total. The molecule has 0 bridgehead atoms. The SMILES string of the molecule is CC(=O)Nc1ccc2ncc(Br)cc2c1. The van der Waals surface area contributed by atoms with Crippen LogP contribution < -0.4 is 5.32 Å². The van der Waals surface area contributed by atoms with E-state index < -0.39 is 0 Å². The van der Waals surface area contributed by atoms with E-state index in [0.717, 1.165) is 21.1 Å². The number of amides is 1. The van der Waals surface area contributed by atoms with Crippen LogP contribution in [0.3, 0.4) is 0 Å². The highest BCUT2D eigenvalue weighted by atomic mass is 79.9. The first kappa shape index (κ1) is 10.1. The molecule has 0 radical (unpaired) electrons. The molecule has 0 saturated carbocycles. The fourth-order valence-corrected chi connectivity index (χ4v) is 1.73. The normalized spacial score (nSPS) is 10.3. The number of benzene rings is 1. The molecule has 0 aliphatic carbocycles. The Hall–Kier alpha value is -1.42. The summed E-state index contributed by atoms with van der Waals surface area (Å²) < 4.78 is 0.926. The molecule has 0 aliphatic rings. The van der Waals surface area contributed by atoms with E-state index in [1.165, 1.54) is 6.92 Å². The highest BCUT2D eigenvalue weighted by molar-refractivity contribution is 9.10. The zero-order chi connectivity index (χ0) is 10.8. The van der Waals surface area contributed by atoms with Crippen LogP contribution >= 0.6 is 15.9 Å². The van der Waals surface area contributed by atoms with Crippen molar-refractivity contribution in [3.8, 4) is 0 Å². The molecule has 15 heavy (non-hydrogen) atoms. The van der Waals surface area contributed by atoms with Crippen LogP contribution in [0, 0.1) is 0 Å². The van der Waals surface area contributed by atoms with Gasteiger partial charge in [-0.1, -0.05) is 0 Å². The Labute approximate surface area is 95.6 Å². The number of hydrogen-bond donors (Lipinski definition) is 1. The minimum atomic E-state index is -0.0719. The van der Waals surface area contributed by atoms with Gasteiger partial charge in [0.05, 0.1) is 5.52 Å². The van der Waals surface area contributed by atoms with Crippen molar-refractivity contribution in [3.05, 3.63) is 34.9 Å². The summed E-state index contributed by atoms with van der Waals surface area (Å²) in [7, 11) is 0. The summed E-state index contributed by atoms with van der Waals surface area (Å²) in [6.45, 7) is 1.49. The van der Waals surface area contributed by atoms with Gasteiger partial charge in [-0.05, 0) is 40.2 Å². The largest absolute Gasteiger partial charge is 0.326 e. The zero-order valence-electron chi connectivity index (χ0n) is 8.12. The van der Waals surface area contributed by atoms with Crippen molar-refractivity contribution in [2.75, 3.05) is 5.32 Å². The molecule has 0 atom stereocenters. The molecule has 3 nitrogen and oxygen atoms in total. The Kier molecular flexibility index (Phi) is 2.68. The van der Waals surface area contributed by atoms with Crippen LogP contribution in [0.5, 0.6) is 0 Å². The molecule has 4 heteroatoms. The van der Waals surface area contributed by atoms with Gasteiger partial charge in [-0.25, -0.2) is 0 Å². The first-order valence-corrected chi connectivity index (χ1v) is 5.27. The molecule has 1 heterocycles. The second-order valence-electron chi connectivity index (χ2n) is 3.24. The van der Waals surface area contributed by atoms with E-state index in [1.54, 1.807) is 6.20 Å². The molecule has 2 aromatic rings. The molecule has 1 amide bonds. The van der Waals surface area contributed by atoms with Crippen molar-refractivity contribution in [1.29, 1.82) is 0 Å². The molecule has 1 aromatic carbocycles. The second kappa shape index (κ2) is 3.98. The van der Waals surface area contributed by atoms with Gasteiger partial charge in [-0.3, -0.25) is 9.78 Å². The average molecular weight is 265 g/mol. The predicted molar refractivity (Wildman–Crippen MR) is 63.7 cm³/mol. The molecule has 0 unspecified atom stereocenters. The monoisotopic (exact) mass is 264 g/mol. The lowest BCUT2D eigenvalue weighted by Gasteiger charge is -2.03. The quantitative estimate of drug-likeness (QED) is 0.861. The number of fused-ring (bicyclic) bond motifs is 1. The molecular weight excluding hydrogens is 256 g/mol. The van der Waals surface area contributed by atoms with E-state index in [9.17, 15) is 4.79 Å². The third kappa shape index (κ3) is 2.33. The minimum Gasteiger partial charge on any atom is -0.326 e. The molecule has 0 fully saturated rings. The van der Waals surface area contributed by atoms with E-state index in [1.807, 2.05) is 24.3 Å². The number of carbonyl (C=O) groups is 1. The Bertz CT molecular complexity index is 525. The summed E-state index contributed by atoms with van der Waals surface area (Å²) in [5.41, 5.74) is 1.70. The topological polar surface area (TPSA) is 42.0 Å². The third-order valence-electron chi connectivity index (χ3n) is 1.97. The van der Waals surface area contributed by atoms with E-state index in [-0.39, 0.29) is 5.91 Å². The molecule has 0 saturated heterocycles. The van der Waals surface area contributed by atoms with Crippen molar-refractivity contribution in [2.45, 2.75) is 6.92 Å². The van der Waals surface area contributed by atoms with Gasteiger partial charge < -0.3 is 5.32 Å².